The average molecular weight is 170 g/mol. The third-order valence-corrected chi connectivity index (χ3v) is 2.45. The molecule has 2 atom stereocenters. The van der Waals surface area contributed by atoms with Gasteiger partial charge >= 0.3 is 5.97 Å². The lowest BCUT2D eigenvalue weighted by atomic mass is 9.79. The van der Waals surface area contributed by atoms with Crippen LogP contribution in [0.1, 0.15) is 26.2 Å². The van der Waals surface area contributed by atoms with Crippen LogP contribution in [0.2, 0.25) is 0 Å². The molecule has 0 heterocycles. The topological polar surface area (TPSA) is 43.4 Å². The third kappa shape index (κ3) is 1.65. The predicted octanol–water partition coefficient (Wildman–Crippen LogP) is 1.16. The molecule has 0 amide bonds. The van der Waals surface area contributed by atoms with Crippen molar-refractivity contribution in [1.82, 2.24) is 0 Å². The number of rotatable bonds is 1. The normalized spacial score (nSPS) is 30.0. The highest BCUT2D eigenvalue weighted by Gasteiger charge is 2.35. The second-order valence-electron chi connectivity index (χ2n) is 3.34. The van der Waals surface area contributed by atoms with E-state index >= 15 is 0 Å². The molecule has 1 aliphatic rings. The fraction of sp³-hybridized carbons (Fsp3) is 0.778. The van der Waals surface area contributed by atoms with Gasteiger partial charge in [0.2, 0.25) is 0 Å². The first kappa shape index (κ1) is 9.23. The molecule has 0 spiro atoms. The standard InChI is InChI=1S/C9H14O3/c1-6-4-3-5-7(10)8(6)9(11)12-2/h6,8H,3-5H2,1-2H3/t6-,8+/m1/s1. The Kier molecular flexibility index (Phi) is 2.84. The summed E-state index contributed by atoms with van der Waals surface area (Å²) in [7, 11) is 1.33. The quantitative estimate of drug-likeness (QED) is 0.438. The molecule has 3 heteroatoms. The molecule has 0 bridgehead atoms. The summed E-state index contributed by atoms with van der Waals surface area (Å²) in [5.74, 6) is -0.671. The van der Waals surface area contributed by atoms with Gasteiger partial charge in [0.05, 0.1) is 7.11 Å². The van der Waals surface area contributed by atoms with Crippen molar-refractivity contribution >= 4 is 11.8 Å². The summed E-state index contributed by atoms with van der Waals surface area (Å²) in [6.07, 6.45) is 2.39. The smallest absolute Gasteiger partial charge is 0.316 e. The van der Waals surface area contributed by atoms with Crippen molar-refractivity contribution in [2.75, 3.05) is 7.11 Å². The van der Waals surface area contributed by atoms with Gasteiger partial charge in [-0.25, -0.2) is 0 Å². The van der Waals surface area contributed by atoms with E-state index in [-0.39, 0.29) is 17.7 Å². The van der Waals surface area contributed by atoms with E-state index in [4.69, 9.17) is 0 Å². The summed E-state index contributed by atoms with van der Waals surface area (Å²) in [5, 5.41) is 0. The van der Waals surface area contributed by atoms with E-state index in [1.807, 2.05) is 6.92 Å². The predicted molar refractivity (Wildman–Crippen MR) is 43.5 cm³/mol. The summed E-state index contributed by atoms with van der Waals surface area (Å²) in [6, 6.07) is 0. The van der Waals surface area contributed by atoms with Gasteiger partial charge in [-0.05, 0) is 18.8 Å². The Morgan fingerprint density at radius 1 is 1.58 bits per heavy atom. The summed E-state index contributed by atoms with van der Waals surface area (Å²) in [5.41, 5.74) is 0. The summed E-state index contributed by atoms with van der Waals surface area (Å²) >= 11 is 0. The van der Waals surface area contributed by atoms with Crippen molar-refractivity contribution in [2.45, 2.75) is 26.2 Å². The number of Topliss-reactive ketones (excluding diaryl/α,β-unsaturated/α-hetero) is 1. The molecule has 1 rings (SSSR count). The van der Waals surface area contributed by atoms with E-state index in [0.29, 0.717) is 6.42 Å². The lowest BCUT2D eigenvalue weighted by Crippen LogP contribution is -2.34. The number of hydrogen-bond donors (Lipinski definition) is 0. The number of hydrogen-bond acceptors (Lipinski definition) is 3. The van der Waals surface area contributed by atoms with Gasteiger partial charge in [-0.1, -0.05) is 6.92 Å². The van der Waals surface area contributed by atoms with Crippen molar-refractivity contribution in [2.24, 2.45) is 11.8 Å². The zero-order chi connectivity index (χ0) is 9.14. The Bertz CT molecular complexity index is 190. The van der Waals surface area contributed by atoms with Crippen molar-refractivity contribution in [3.63, 3.8) is 0 Å². The summed E-state index contributed by atoms with van der Waals surface area (Å²) < 4.78 is 4.57. The molecule has 0 saturated heterocycles. The van der Waals surface area contributed by atoms with Gasteiger partial charge in [-0.2, -0.15) is 0 Å². The van der Waals surface area contributed by atoms with Crippen LogP contribution in [0.3, 0.4) is 0 Å². The minimum absolute atomic E-state index is 0.0422. The van der Waals surface area contributed by atoms with Crippen LogP contribution < -0.4 is 0 Å². The fourth-order valence-corrected chi connectivity index (χ4v) is 1.73. The Balaban J connectivity index is 2.69. The number of carbonyl (C=O) groups is 2. The van der Waals surface area contributed by atoms with Crippen molar-refractivity contribution in [1.29, 1.82) is 0 Å². The molecule has 0 aromatic carbocycles. The molecule has 0 N–H and O–H groups in total. The van der Waals surface area contributed by atoms with Crippen molar-refractivity contribution in [3.8, 4) is 0 Å². The number of carbonyl (C=O) groups excluding carboxylic acids is 2. The molecule has 0 unspecified atom stereocenters. The molecule has 3 nitrogen and oxygen atoms in total. The largest absolute Gasteiger partial charge is 0.468 e. The lowest BCUT2D eigenvalue weighted by molar-refractivity contribution is -0.152. The number of ketones is 1. The molecule has 0 aliphatic heterocycles. The van der Waals surface area contributed by atoms with E-state index in [2.05, 4.69) is 4.74 Å². The van der Waals surface area contributed by atoms with Crippen LogP contribution in [-0.4, -0.2) is 18.9 Å². The molecule has 0 radical (unpaired) electrons. The zero-order valence-electron chi connectivity index (χ0n) is 7.50. The monoisotopic (exact) mass is 170 g/mol. The molecule has 0 aromatic heterocycles. The average Bonchev–Trinajstić information content (AvgIpc) is 2.03. The van der Waals surface area contributed by atoms with Crippen LogP contribution in [0.5, 0.6) is 0 Å². The Hall–Kier alpha value is -0.860. The van der Waals surface area contributed by atoms with Gasteiger partial charge in [-0.15, -0.1) is 0 Å². The van der Waals surface area contributed by atoms with Gasteiger partial charge in [0.15, 0.2) is 0 Å². The maximum atomic E-state index is 11.3. The first-order valence-corrected chi connectivity index (χ1v) is 4.27. The van der Waals surface area contributed by atoms with Gasteiger partial charge in [0.25, 0.3) is 0 Å². The lowest BCUT2D eigenvalue weighted by Gasteiger charge is -2.24. The van der Waals surface area contributed by atoms with Crippen molar-refractivity contribution < 1.29 is 14.3 Å². The number of esters is 1. The Morgan fingerprint density at radius 3 is 2.75 bits per heavy atom. The van der Waals surface area contributed by atoms with Gasteiger partial charge in [0.1, 0.15) is 11.7 Å². The maximum Gasteiger partial charge on any atom is 0.316 e. The van der Waals surface area contributed by atoms with Gasteiger partial charge in [0, 0.05) is 6.42 Å². The van der Waals surface area contributed by atoms with Crippen LogP contribution in [0.25, 0.3) is 0 Å². The molecule has 1 fully saturated rings. The van der Waals surface area contributed by atoms with Crippen LogP contribution in [0, 0.1) is 11.8 Å². The Morgan fingerprint density at radius 2 is 2.25 bits per heavy atom. The minimum atomic E-state index is -0.497. The maximum absolute atomic E-state index is 11.3. The van der Waals surface area contributed by atoms with E-state index < -0.39 is 5.92 Å². The van der Waals surface area contributed by atoms with Gasteiger partial charge in [-0.3, -0.25) is 9.59 Å². The Labute approximate surface area is 72.1 Å². The molecule has 0 aromatic rings. The van der Waals surface area contributed by atoms with Gasteiger partial charge < -0.3 is 4.74 Å². The second-order valence-corrected chi connectivity index (χ2v) is 3.34. The van der Waals surface area contributed by atoms with Crippen LogP contribution in [0.4, 0.5) is 0 Å². The summed E-state index contributed by atoms with van der Waals surface area (Å²) in [4.78, 5) is 22.4. The highest BCUT2D eigenvalue weighted by Crippen LogP contribution is 2.27. The molecular weight excluding hydrogens is 156 g/mol. The van der Waals surface area contributed by atoms with E-state index in [0.717, 1.165) is 12.8 Å². The summed E-state index contributed by atoms with van der Waals surface area (Å²) in [6.45, 7) is 1.93. The highest BCUT2D eigenvalue weighted by atomic mass is 16.5. The first-order valence-electron chi connectivity index (χ1n) is 4.27. The number of ether oxygens (including phenoxy) is 1. The first-order chi connectivity index (χ1) is 5.66. The molecule has 12 heavy (non-hydrogen) atoms. The zero-order valence-corrected chi connectivity index (χ0v) is 7.50. The van der Waals surface area contributed by atoms with E-state index in [9.17, 15) is 9.59 Å². The molecule has 1 aliphatic carbocycles. The fourth-order valence-electron chi connectivity index (χ4n) is 1.73. The third-order valence-electron chi connectivity index (χ3n) is 2.45. The van der Waals surface area contributed by atoms with Crippen LogP contribution in [-0.2, 0) is 14.3 Å². The van der Waals surface area contributed by atoms with Crippen LogP contribution in [0.15, 0.2) is 0 Å². The van der Waals surface area contributed by atoms with Crippen LogP contribution >= 0.6 is 0 Å². The highest BCUT2D eigenvalue weighted by molar-refractivity contribution is 5.99. The number of methoxy groups -OCH3 is 1. The molecular formula is C9H14O3. The molecule has 1 saturated carbocycles. The van der Waals surface area contributed by atoms with E-state index in [1.165, 1.54) is 7.11 Å². The van der Waals surface area contributed by atoms with E-state index in [1.54, 1.807) is 0 Å². The van der Waals surface area contributed by atoms with Crippen molar-refractivity contribution in [3.05, 3.63) is 0 Å². The SMILES string of the molecule is COC(=O)[C@@H]1C(=O)CCC[C@H]1C. The minimum Gasteiger partial charge on any atom is -0.468 e. The second kappa shape index (κ2) is 3.70. The molecule has 68 valence electrons.